The molecule has 2 rings (SSSR count). The summed E-state index contributed by atoms with van der Waals surface area (Å²) in [6, 6.07) is 0.980. The van der Waals surface area contributed by atoms with Gasteiger partial charge in [-0.2, -0.15) is 0 Å². The van der Waals surface area contributed by atoms with Crippen LogP contribution >= 0.6 is 11.3 Å². The fraction of sp³-hybridized carbons (Fsp3) is 0.400. The van der Waals surface area contributed by atoms with Crippen LogP contribution in [0.5, 0.6) is 5.75 Å². The first kappa shape index (κ1) is 18.2. The largest absolute Gasteiger partial charge is 0.507 e. The fourth-order valence-electron chi connectivity index (χ4n) is 2.26. The van der Waals surface area contributed by atoms with Gasteiger partial charge < -0.3 is 5.11 Å². The predicted molar refractivity (Wildman–Crippen MR) is 77.3 cm³/mol. The Kier molecular flexibility index (Phi) is 6.03. The van der Waals surface area contributed by atoms with Gasteiger partial charge in [-0.3, -0.25) is 0 Å². The number of benzene rings is 1. The summed E-state index contributed by atoms with van der Waals surface area (Å²) in [5, 5.41) is 10.7. The molecule has 21 heavy (non-hydrogen) atoms. The van der Waals surface area contributed by atoms with E-state index in [0.29, 0.717) is 12.1 Å². The molecule has 1 unspecified atom stereocenters. The molecule has 0 saturated carbocycles. The van der Waals surface area contributed by atoms with Gasteiger partial charge in [0.2, 0.25) is 0 Å². The van der Waals surface area contributed by atoms with E-state index >= 15 is 0 Å². The number of halogens is 2. The van der Waals surface area contributed by atoms with Crippen LogP contribution in [0.4, 0.5) is 8.78 Å². The van der Waals surface area contributed by atoms with Crippen LogP contribution in [0.15, 0.2) is 6.07 Å². The third kappa shape index (κ3) is 3.34. The van der Waals surface area contributed by atoms with E-state index in [1.54, 1.807) is 6.92 Å². The SMILES string of the molecule is CCC(C)c1c(F)cc(O)c(-c2nc(C)sc2C)c1F.[Pd]. The summed E-state index contributed by atoms with van der Waals surface area (Å²) in [6.45, 7) is 7.26. The second kappa shape index (κ2) is 6.95. The van der Waals surface area contributed by atoms with Gasteiger partial charge in [-0.15, -0.1) is 11.3 Å². The molecule has 1 aromatic carbocycles. The summed E-state index contributed by atoms with van der Waals surface area (Å²) in [5.74, 6) is -2.07. The number of nitrogens with zero attached hydrogens (tertiary/aromatic N) is 1. The molecule has 0 radical (unpaired) electrons. The Labute approximate surface area is 140 Å². The van der Waals surface area contributed by atoms with Crippen molar-refractivity contribution in [3.8, 4) is 17.0 Å². The summed E-state index contributed by atoms with van der Waals surface area (Å²) in [6.07, 6.45) is 0.618. The maximum atomic E-state index is 14.7. The quantitative estimate of drug-likeness (QED) is 0.738. The number of phenolic OH excluding ortho intramolecular Hbond substituents is 1. The zero-order valence-electron chi connectivity index (χ0n) is 12.2. The molecule has 2 nitrogen and oxygen atoms in total. The maximum Gasteiger partial charge on any atom is 0.142 e. The van der Waals surface area contributed by atoms with Crippen LogP contribution in [0, 0.1) is 25.5 Å². The van der Waals surface area contributed by atoms with E-state index in [1.807, 2.05) is 20.8 Å². The maximum absolute atomic E-state index is 14.7. The van der Waals surface area contributed by atoms with Crippen LogP contribution in [0.2, 0.25) is 0 Å². The van der Waals surface area contributed by atoms with Gasteiger partial charge in [-0.1, -0.05) is 13.8 Å². The molecule has 0 aliphatic rings. The number of phenols is 1. The van der Waals surface area contributed by atoms with E-state index < -0.39 is 17.4 Å². The molecule has 2 aromatic rings. The van der Waals surface area contributed by atoms with Crippen LogP contribution in [-0.2, 0) is 20.4 Å². The van der Waals surface area contributed by atoms with Crippen molar-refractivity contribution in [1.29, 1.82) is 0 Å². The van der Waals surface area contributed by atoms with Gasteiger partial charge in [0.1, 0.15) is 17.4 Å². The molecule has 0 aliphatic carbocycles. The van der Waals surface area contributed by atoms with Gasteiger partial charge in [-0.25, -0.2) is 13.8 Å². The van der Waals surface area contributed by atoms with E-state index in [4.69, 9.17) is 0 Å². The Morgan fingerprint density at radius 3 is 2.43 bits per heavy atom. The minimum atomic E-state index is -0.706. The number of aromatic hydroxyl groups is 1. The van der Waals surface area contributed by atoms with Crippen molar-refractivity contribution < 1.29 is 34.3 Å². The zero-order chi connectivity index (χ0) is 15.0. The molecule has 1 atom stereocenters. The first-order valence-electron chi connectivity index (χ1n) is 6.52. The van der Waals surface area contributed by atoms with Crippen molar-refractivity contribution in [2.24, 2.45) is 0 Å². The van der Waals surface area contributed by atoms with Gasteiger partial charge >= 0.3 is 0 Å². The minimum Gasteiger partial charge on any atom is -0.507 e. The summed E-state index contributed by atoms with van der Waals surface area (Å²) >= 11 is 1.42. The average Bonchev–Trinajstić information content (AvgIpc) is 2.67. The minimum absolute atomic E-state index is 0. The molecule has 1 heterocycles. The molecule has 0 bridgehead atoms. The van der Waals surface area contributed by atoms with Crippen molar-refractivity contribution in [3.63, 3.8) is 0 Å². The zero-order valence-corrected chi connectivity index (χ0v) is 14.6. The van der Waals surface area contributed by atoms with E-state index in [2.05, 4.69) is 4.98 Å². The van der Waals surface area contributed by atoms with E-state index in [1.165, 1.54) is 11.3 Å². The van der Waals surface area contributed by atoms with Gasteiger partial charge in [-0.05, 0) is 26.2 Å². The van der Waals surface area contributed by atoms with E-state index in [-0.39, 0.29) is 37.5 Å². The van der Waals surface area contributed by atoms with Gasteiger partial charge in [0, 0.05) is 36.9 Å². The molecule has 1 aromatic heterocycles. The molecular weight excluding hydrogens is 387 g/mol. The van der Waals surface area contributed by atoms with Gasteiger partial charge in [0.15, 0.2) is 0 Å². The van der Waals surface area contributed by atoms with Gasteiger partial charge in [0.25, 0.3) is 0 Å². The summed E-state index contributed by atoms with van der Waals surface area (Å²) in [4.78, 5) is 5.06. The molecule has 6 heteroatoms. The monoisotopic (exact) mass is 403 g/mol. The molecular formula is C15H17F2NOPdS. The van der Waals surface area contributed by atoms with Crippen molar-refractivity contribution in [2.75, 3.05) is 0 Å². The number of aromatic nitrogens is 1. The number of rotatable bonds is 3. The van der Waals surface area contributed by atoms with Gasteiger partial charge in [0.05, 0.1) is 16.3 Å². The Balaban J connectivity index is 0.00000220. The number of hydrogen-bond acceptors (Lipinski definition) is 3. The van der Waals surface area contributed by atoms with Crippen LogP contribution < -0.4 is 0 Å². The Hall–Kier alpha value is -0.828. The Bertz CT molecular complexity index is 658. The molecule has 0 saturated heterocycles. The molecule has 0 fully saturated rings. The van der Waals surface area contributed by atoms with Crippen LogP contribution in [0.3, 0.4) is 0 Å². The summed E-state index contributed by atoms with van der Waals surface area (Å²) < 4.78 is 28.6. The third-order valence-corrected chi connectivity index (χ3v) is 4.36. The predicted octanol–water partition coefficient (Wildman–Crippen LogP) is 4.92. The van der Waals surface area contributed by atoms with Crippen molar-refractivity contribution in [2.45, 2.75) is 40.0 Å². The summed E-state index contributed by atoms with van der Waals surface area (Å²) in [7, 11) is 0. The van der Waals surface area contributed by atoms with E-state index in [9.17, 15) is 13.9 Å². The first-order valence-corrected chi connectivity index (χ1v) is 7.33. The van der Waals surface area contributed by atoms with Crippen LogP contribution in [0.25, 0.3) is 11.3 Å². The molecule has 0 amide bonds. The molecule has 1 N–H and O–H groups in total. The second-order valence-corrected chi connectivity index (χ2v) is 6.33. The third-order valence-electron chi connectivity index (χ3n) is 3.48. The fourth-order valence-corrected chi connectivity index (χ4v) is 3.09. The molecule has 0 aliphatic heterocycles. The number of aryl methyl sites for hydroxylation is 2. The van der Waals surface area contributed by atoms with Crippen molar-refractivity contribution >= 4 is 11.3 Å². The van der Waals surface area contributed by atoms with Crippen molar-refractivity contribution in [3.05, 3.63) is 33.1 Å². The normalized spacial score (nSPS) is 12.1. The Morgan fingerprint density at radius 2 is 1.95 bits per heavy atom. The number of thiazole rings is 1. The summed E-state index contributed by atoms with van der Waals surface area (Å²) in [5.41, 5.74) is 0.418. The van der Waals surface area contributed by atoms with E-state index in [0.717, 1.165) is 16.0 Å². The molecule has 0 spiro atoms. The number of hydrogen-bond donors (Lipinski definition) is 1. The smallest absolute Gasteiger partial charge is 0.142 e. The standard InChI is InChI=1S/C15H17F2NOS.Pd/c1-5-7(2)12-10(16)6-11(19)13(14(12)17)15-8(3)20-9(4)18-15;/h6-7,19H,5H2,1-4H3;. The topological polar surface area (TPSA) is 33.1 Å². The molecule has 118 valence electrons. The Morgan fingerprint density at radius 1 is 1.33 bits per heavy atom. The first-order chi connectivity index (χ1) is 9.36. The second-order valence-electron chi connectivity index (χ2n) is 4.93. The average molecular weight is 404 g/mol. The van der Waals surface area contributed by atoms with Crippen LogP contribution in [-0.4, -0.2) is 10.1 Å². The van der Waals surface area contributed by atoms with Crippen molar-refractivity contribution in [1.82, 2.24) is 4.98 Å². The van der Waals surface area contributed by atoms with Crippen LogP contribution in [0.1, 0.15) is 41.6 Å².